The highest BCUT2D eigenvalue weighted by Gasteiger charge is 2.33. The van der Waals surface area contributed by atoms with Crippen LogP contribution in [0, 0.1) is 13.8 Å². The summed E-state index contributed by atoms with van der Waals surface area (Å²) in [5.41, 5.74) is 0.532. The Hall–Kier alpha value is -4.93. The highest BCUT2D eigenvalue weighted by Crippen LogP contribution is 2.31. The number of rotatable bonds is 12. The molecule has 47 heavy (non-hydrogen) atoms. The van der Waals surface area contributed by atoms with Gasteiger partial charge in [-0.25, -0.2) is 5.01 Å². The van der Waals surface area contributed by atoms with Gasteiger partial charge in [0.05, 0.1) is 24.3 Å². The summed E-state index contributed by atoms with van der Waals surface area (Å²) in [5, 5.41) is 24.8. The van der Waals surface area contributed by atoms with Crippen molar-refractivity contribution in [2.24, 2.45) is 17.1 Å². The molecule has 256 valence electrons. The number of hydrogen-bond donors (Lipinski definition) is 3. The molecule has 0 saturated carbocycles. The molecule has 1 saturated heterocycles. The Bertz CT molecular complexity index is 1540. The first kappa shape index (κ1) is 36.5. The number of amides is 3. The Kier molecular flexibility index (Phi) is 12.1. The molecule has 3 N–H and O–H groups in total. The third-order valence-electron chi connectivity index (χ3n) is 7.45. The van der Waals surface area contributed by atoms with Crippen molar-refractivity contribution in [2.75, 3.05) is 58.8 Å². The third kappa shape index (κ3) is 9.08. The molecule has 0 bridgehead atoms. The lowest BCUT2D eigenvalue weighted by molar-refractivity contribution is -0.137. The SMILES string of the molecule is C=NN(CC(=O)Nc1ccc(C(F)(F)F)cc1C)C(=O)/C(=C(/CC)N/C=N/CN(C)C)N1CCN(C(=O)c2nn(C)c(C)c2O)CC1. The van der Waals surface area contributed by atoms with Gasteiger partial charge in [0, 0.05) is 51.3 Å². The van der Waals surface area contributed by atoms with Crippen molar-refractivity contribution in [1.82, 2.24) is 34.8 Å². The van der Waals surface area contributed by atoms with Gasteiger partial charge in [0.1, 0.15) is 12.2 Å². The standard InChI is InChI=1S/C30H41F3N10O4/c1-8-22(36-17-35-18-39(5)6)26(41-11-13-42(14-12-41)28(46)25-27(45)20(3)40(7)38-25)29(47)43(34-4)16-24(44)37-23-10-9-21(15-19(23)2)30(31,32)33/h9-10,15,17,45H,4,8,11-14,16,18H2,1-3,5-7H3,(H,35,36)(H,37,44)/b26-22+. The smallest absolute Gasteiger partial charge is 0.416 e. The van der Waals surface area contributed by atoms with Crippen LogP contribution in [0.5, 0.6) is 5.75 Å². The number of hydrogen-bond acceptors (Lipinski definition) is 9. The van der Waals surface area contributed by atoms with E-state index in [-0.39, 0.29) is 54.6 Å². The summed E-state index contributed by atoms with van der Waals surface area (Å²) < 4.78 is 40.7. The molecule has 2 heterocycles. The number of benzene rings is 1. The summed E-state index contributed by atoms with van der Waals surface area (Å²) in [6, 6.07) is 2.92. The fourth-order valence-electron chi connectivity index (χ4n) is 4.76. The molecule has 0 aliphatic carbocycles. The number of nitrogens with zero attached hydrogens (tertiary/aromatic N) is 8. The molecule has 1 fully saturated rings. The van der Waals surface area contributed by atoms with Crippen molar-refractivity contribution < 1.29 is 32.7 Å². The first-order valence-electron chi connectivity index (χ1n) is 14.7. The number of hydrazone groups is 1. The van der Waals surface area contributed by atoms with Gasteiger partial charge in [0.2, 0.25) is 5.91 Å². The molecule has 1 aromatic carbocycles. The Labute approximate surface area is 271 Å². The normalized spacial score (nSPS) is 14.3. The highest BCUT2D eigenvalue weighted by atomic mass is 19.4. The van der Waals surface area contributed by atoms with E-state index in [9.17, 15) is 32.7 Å². The second-order valence-corrected chi connectivity index (χ2v) is 11.1. The zero-order chi connectivity index (χ0) is 35.1. The number of anilines is 1. The largest absolute Gasteiger partial charge is 0.504 e. The zero-order valence-corrected chi connectivity index (χ0v) is 27.3. The minimum absolute atomic E-state index is 0.0605. The second-order valence-electron chi connectivity index (χ2n) is 11.1. The molecule has 0 atom stereocenters. The van der Waals surface area contributed by atoms with E-state index in [0.717, 1.165) is 23.2 Å². The molecule has 14 nitrogen and oxygen atoms in total. The lowest BCUT2D eigenvalue weighted by Crippen LogP contribution is -2.51. The topological polar surface area (TPSA) is 151 Å². The number of piperazine rings is 1. The monoisotopic (exact) mass is 662 g/mol. The van der Waals surface area contributed by atoms with Crippen LogP contribution in [0.3, 0.4) is 0 Å². The van der Waals surface area contributed by atoms with E-state index < -0.39 is 36.0 Å². The summed E-state index contributed by atoms with van der Waals surface area (Å²) in [5.74, 6) is -2.01. The molecule has 0 spiro atoms. The lowest BCUT2D eigenvalue weighted by atomic mass is 10.1. The molecule has 0 unspecified atom stereocenters. The van der Waals surface area contributed by atoms with Crippen LogP contribution in [-0.2, 0) is 22.8 Å². The van der Waals surface area contributed by atoms with E-state index in [0.29, 0.717) is 24.5 Å². The van der Waals surface area contributed by atoms with Crippen LogP contribution < -0.4 is 10.6 Å². The highest BCUT2D eigenvalue weighted by molar-refractivity contribution is 5.99. The van der Waals surface area contributed by atoms with Crippen LogP contribution in [-0.4, -0.2) is 119 Å². The van der Waals surface area contributed by atoms with Gasteiger partial charge < -0.3 is 25.5 Å². The molecule has 2 aromatic rings. The predicted octanol–water partition coefficient (Wildman–Crippen LogP) is 2.36. The number of aliphatic imine (C=N–C) groups is 1. The molecule has 3 rings (SSSR count). The first-order valence-corrected chi connectivity index (χ1v) is 14.7. The van der Waals surface area contributed by atoms with Gasteiger partial charge >= 0.3 is 6.18 Å². The van der Waals surface area contributed by atoms with Crippen LogP contribution in [0.2, 0.25) is 0 Å². The maximum atomic E-state index is 14.0. The van der Waals surface area contributed by atoms with E-state index in [4.69, 9.17) is 0 Å². The number of alkyl halides is 3. The molecule has 1 aliphatic heterocycles. The summed E-state index contributed by atoms with van der Waals surface area (Å²) in [6.07, 6.45) is -2.71. The Balaban J connectivity index is 1.84. The van der Waals surface area contributed by atoms with Crippen molar-refractivity contribution in [3.8, 4) is 5.75 Å². The quantitative estimate of drug-likeness (QED) is 0.136. The first-order chi connectivity index (χ1) is 22.1. The molecule has 1 aromatic heterocycles. The van der Waals surface area contributed by atoms with Crippen molar-refractivity contribution in [3.05, 3.63) is 52.1 Å². The predicted molar refractivity (Wildman–Crippen MR) is 171 cm³/mol. The second kappa shape index (κ2) is 15.6. The average Bonchev–Trinajstić information content (AvgIpc) is 3.28. The number of aromatic hydroxyl groups is 1. The molecule has 0 radical (unpaired) electrons. The van der Waals surface area contributed by atoms with Gasteiger partial charge in [-0.2, -0.15) is 23.4 Å². The van der Waals surface area contributed by atoms with Gasteiger partial charge in [-0.05, 0) is 58.1 Å². The summed E-state index contributed by atoms with van der Waals surface area (Å²) in [4.78, 5) is 49.6. The number of carbonyl (C=O) groups excluding carboxylic acids is 3. The van der Waals surface area contributed by atoms with E-state index in [1.165, 1.54) is 22.8 Å². The number of aromatic nitrogens is 2. The van der Waals surface area contributed by atoms with Gasteiger partial charge in [0.15, 0.2) is 11.4 Å². The van der Waals surface area contributed by atoms with Gasteiger partial charge in [-0.1, -0.05) is 6.92 Å². The minimum atomic E-state index is -4.54. The third-order valence-corrected chi connectivity index (χ3v) is 7.45. The number of aryl methyl sites for hydroxylation is 2. The molecule has 3 amide bonds. The van der Waals surface area contributed by atoms with Gasteiger partial charge in [0.25, 0.3) is 11.8 Å². The van der Waals surface area contributed by atoms with E-state index in [2.05, 4.69) is 32.5 Å². The Morgan fingerprint density at radius 3 is 2.28 bits per heavy atom. The van der Waals surface area contributed by atoms with Crippen molar-refractivity contribution >= 4 is 36.5 Å². The maximum Gasteiger partial charge on any atom is 0.416 e. The van der Waals surface area contributed by atoms with E-state index in [1.54, 1.807) is 18.9 Å². The summed E-state index contributed by atoms with van der Waals surface area (Å²) >= 11 is 0. The van der Waals surface area contributed by atoms with Crippen molar-refractivity contribution in [1.29, 1.82) is 0 Å². The average molecular weight is 663 g/mol. The van der Waals surface area contributed by atoms with Crippen molar-refractivity contribution in [3.63, 3.8) is 0 Å². The van der Waals surface area contributed by atoms with Crippen LogP contribution in [0.4, 0.5) is 18.9 Å². The van der Waals surface area contributed by atoms with Crippen LogP contribution in [0.25, 0.3) is 0 Å². The summed E-state index contributed by atoms with van der Waals surface area (Å²) in [7, 11) is 5.32. The molecular weight excluding hydrogens is 621 g/mol. The van der Waals surface area contributed by atoms with E-state index in [1.807, 2.05) is 25.9 Å². The molecule has 17 heteroatoms. The van der Waals surface area contributed by atoms with Crippen LogP contribution in [0.1, 0.15) is 40.7 Å². The lowest BCUT2D eigenvalue weighted by Gasteiger charge is -2.38. The summed E-state index contributed by atoms with van der Waals surface area (Å²) in [6.45, 7) is 9.02. The molecular formula is C30H41F3N10O4. The number of allylic oxidation sites excluding steroid dienone is 1. The Morgan fingerprint density at radius 1 is 1.13 bits per heavy atom. The number of halogens is 3. The Morgan fingerprint density at radius 2 is 1.77 bits per heavy atom. The number of nitrogens with one attached hydrogen (secondary N) is 2. The maximum absolute atomic E-state index is 14.0. The van der Waals surface area contributed by atoms with Gasteiger partial charge in [-0.3, -0.25) is 29.0 Å². The fraction of sp³-hybridized carbons (Fsp3) is 0.467. The zero-order valence-electron chi connectivity index (χ0n) is 27.3. The van der Waals surface area contributed by atoms with E-state index >= 15 is 0 Å². The minimum Gasteiger partial charge on any atom is -0.504 e. The fourth-order valence-corrected chi connectivity index (χ4v) is 4.76. The van der Waals surface area contributed by atoms with Crippen LogP contribution >= 0.6 is 0 Å². The molecule has 1 aliphatic rings. The number of carbonyl (C=O) groups is 3. The van der Waals surface area contributed by atoms with Gasteiger partial charge in [-0.15, -0.1) is 0 Å². The van der Waals surface area contributed by atoms with Crippen LogP contribution in [0.15, 0.2) is 39.7 Å². The van der Waals surface area contributed by atoms with Crippen molar-refractivity contribution in [2.45, 2.75) is 33.4 Å².